The zero-order valence-corrected chi connectivity index (χ0v) is 14.6. The molecule has 0 saturated carbocycles. The zero-order chi connectivity index (χ0) is 19.4. The first kappa shape index (κ1) is 18.9. The summed E-state index contributed by atoms with van der Waals surface area (Å²) < 4.78 is 13.4. The molecule has 0 aromatic heterocycles. The molecule has 142 valence electrons. The molecule has 0 unspecified atom stereocenters. The first-order valence-electron chi connectivity index (χ1n) is 8.67. The van der Waals surface area contributed by atoms with Gasteiger partial charge in [0.2, 0.25) is 5.82 Å². The highest BCUT2D eigenvalue weighted by molar-refractivity contribution is 6.04. The van der Waals surface area contributed by atoms with Crippen LogP contribution in [0.2, 0.25) is 0 Å². The summed E-state index contributed by atoms with van der Waals surface area (Å²) in [5.74, 6) is -1.38. The molecule has 3 rings (SSSR count). The molecule has 0 radical (unpaired) electrons. The number of aliphatic hydroxyl groups is 1. The van der Waals surface area contributed by atoms with Gasteiger partial charge in [-0.3, -0.25) is 19.8 Å². The molecule has 0 atom stereocenters. The highest BCUT2D eigenvalue weighted by atomic mass is 19.1. The second-order valence-corrected chi connectivity index (χ2v) is 6.59. The van der Waals surface area contributed by atoms with Crippen LogP contribution in [-0.4, -0.2) is 40.0 Å². The topological polar surface area (TPSA) is 95.7 Å². The van der Waals surface area contributed by atoms with E-state index in [4.69, 9.17) is 0 Å². The van der Waals surface area contributed by atoms with Gasteiger partial charge in [-0.2, -0.15) is 4.39 Å². The first-order chi connectivity index (χ1) is 12.9. The normalized spacial score (nSPS) is 15.5. The number of halogens is 1. The van der Waals surface area contributed by atoms with E-state index in [1.807, 2.05) is 6.07 Å². The van der Waals surface area contributed by atoms with Gasteiger partial charge >= 0.3 is 5.69 Å². The molecule has 0 aliphatic carbocycles. The number of nitrogens with zero attached hydrogens (tertiary/aromatic N) is 2. The minimum Gasteiger partial charge on any atom is -0.393 e. The molecule has 1 aliphatic heterocycles. The maximum Gasteiger partial charge on any atom is 0.306 e. The smallest absolute Gasteiger partial charge is 0.306 e. The Morgan fingerprint density at radius 2 is 2.00 bits per heavy atom. The van der Waals surface area contributed by atoms with Crippen molar-refractivity contribution in [2.45, 2.75) is 25.5 Å². The number of benzene rings is 2. The van der Waals surface area contributed by atoms with E-state index < -0.39 is 22.3 Å². The summed E-state index contributed by atoms with van der Waals surface area (Å²) in [4.78, 5) is 24.6. The number of carbonyl (C=O) groups excluding carboxylic acids is 1. The van der Waals surface area contributed by atoms with Crippen molar-refractivity contribution in [3.8, 4) is 0 Å². The molecule has 8 heteroatoms. The van der Waals surface area contributed by atoms with E-state index in [1.165, 1.54) is 6.07 Å². The van der Waals surface area contributed by atoms with Gasteiger partial charge in [0.15, 0.2) is 0 Å². The largest absolute Gasteiger partial charge is 0.393 e. The monoisotopic (exact) mass is 373 g/mol. The van der Waals surface area contributed by atoms with E-state index in [0.717, 1.165) is 43.6 Å². The van der Waals surface area contributed by atoms with Crippen LogP contribution in [0.25, 0.3) is 0 Å². The average Bonchev–Trinajstić information content (AvgIpc) is 2.65. The number of carbonyl (C=O) groups is 1. The molecule has 0 spiro atoms. The number of anilines is 1. The molecule has 1 fully saturated rings. The van der Waals surface area contributed by atoms with Crippen molar-refractivity contribution in [1.29, 1.82) is 0 Å². The highest BCUT2D eigenvalue weighted by Gasteiger charge is 2.18. The number of rotatable bonds is 5. The number of amides is 1. The molecular weight excluding hydrogens is 353 g/mol. The molecule has 0 bridgehead atoms. The summed E-state index contributed by atoms with van der Waals surface area (Å²) in [6.07, 6.45) is 1.24. The summed E-state index contributed by atoms with van der Waals surface area (Å²) in [6.45, 7) is 2.28. The third kappa shape index (κ3) is 4.87. The van der Waals surface area contributed by atoms with Crippen molar-refractivity contribution < 1.29 is 19.2 Å². The lowest BCUT2D eigenvalue weighted by Crippen LogP contribution is -2.35. The predicted molar refractivity (Wildman–Crippen MR) is 98.0 cm³/mol. The standard InChI is InChI=1S/C19H20FN3O4/c20-17-5-4-15(11-18(17)23(26)27)21-19(25)14-3-1-2-13(10-14)12-22-8-6-16(24)7-9-22/h1-5,10-11,16,24H,6-9,12H2,(H,21,25). The molecule has 2 aromatic rings. The minimum atomic E-state index is -0.952. The number of nitro groups is 1. The molecule has 1 saturated heterocycles. The Hall–Kier alpha value is -2.84. The maximum atomic E-state index is 13.4. The van der Waals surface area contributed by atoms with Crippen LogP contribution in [0.4, 0.5) is 15.8 Å². The Morgan fingerprint density at radius 3 is 2.70 bits per heavy atom. The third-order valence-corrected chi connectivity index (χ3v) is 4.55. The lowest BCUT2D eigenvalue weighted by Gasteiger charge is -2.29. The van der Waals surface area contributed by atoms with Gasteiger partial charge in [-0.05, 0) is 42.7 Å². The Morgan fingerprint density at radius 1 is 1.26 bits per heavy atom. The van der Waals surface area contributed by atoms with Gasteiger partial charge in [-0.1, -0.05) is 12.1 Å². The van der Waals surface area contributed by atoms with Gasteiger partial charge in [0.25, 0.3) is 5.91 Å². The van der Waals surface area contributed by atoms with Crippen molar-refractivity contribution >= 4 is 17.3 Å². The molecule has 1 heterocycles. The van der Waals surface area contributed by atoms with Gasteiger partial charge < -0.3 is 10.4 Å². The molecule has 2 N–H and O–H groups in total. The number of likely N-dealkylation sites (tertiary alicyclic amines) is 1. The van der Waals surface area contributed by atoms with E-state index >= 15 is 0 Å². The Bertz CT molecular complexity index is 851. The van der Waals surface area contributed by atoms with E-state index in [2.05, 4.69) is 10.2 Å². The molecule has 1 amide bonds. The van der Waals surface area contributed by atoms with Crippen molar-refractivity contribution in [1.82, 2.24) is 4.90 Å². The fourth-order valence-electron chi connectivity index (χ4n) is 3.08. The lowest BCUT2D eigenvalue weighted by atomic mass is 10.1. The second-order valence-electron chi connectivity index (χ2n) is 6.59. The highest BCUT2D eigenvalue weighted by Crippen LogP contribution is 2.22. The molecule has 7 nitrogen and oxygen atoms in total. The van der Waals surface area contributed by atoms with Crippen LogP contribution >= 0.6 is 0 Å². The van der Waals surface area contributed by atoms with Crippen LogP contribution in [0.1, 0.15) is 28.8 Å². The fraction of sp³-hybridized carbons (Fsp3) is 0.316. The van der Waals surface area contributed by atoms with Crippen molar-refractivity contribution in [3.05, 3.63) is 69.5 Å². The van der Waals surface area contributed by atoms with Gasteiger partial charge in [0.05, 0.1) is 11.0 Å². The second kappa shape index (κ2) is 8.24. The number of piperidine rings is 1. The van der Waals surface area contributed by atoms with Gasteiger partial charge in [0.1, 0.15) is 0 Å². The maximum absolute atomic E-state index is 13.4. The van der Waals surface area contributed by atoms with Gasteiger partial charge in [-0.25, -0.2) is 0 Å². The van der Waals surface area contributed by atoms with Crippen LogP contribution in [0.15, 0.2) is 42.5 Å². The molecule has 27 heavy (non-hydrogen) atoms. The van der Waals surface area contributed by atoms with E-state index in [0.29, 0.717) is 12.1 Å². The van der Waals surface area contributed by atoms with Crippen LogP contribution in [-0.2, 0) is 6.54 Å². The summed E-state index contributed by atoms with van der Waals surface area (Å²) in [5, 5.41) is 23.0. The number of hydrogen-bond acceptors (Lipinski definition) is 5. The Balaban J connectivity index is 1.68. The summed E-state index contributed by atoms with van der Waals surface area (Å²) >= 11 is 0. The average molecular weight is 373 g/mol. The van der Waals surface area contributed by atoms with E-state index in [1.54, 1.807) is 18.2 Å². The van der Waals surface area contributed by atoms with Crippen LogP contribution in [0.3, 0.4) is 0 Å². The third-order valence-electron chi connectivity index (χ3n) is 4.55. The van der Waals surface area contributed by atoms with Crippen LogP contribution in [0.5, 0.6) is 0 Å². The Kier molecular flexibility index (Phi) is 5.78. The molecule has 2 aromatic carbocycles. The van der Waals surface area contributed by atoms with Gasteiger partial charge in [0, 0.05) is 37.0 Å². The minimum absolute atomic E-state index is 0.156. The summed E-state index contributed by atoms with van der Waals surface area (Å²) in [6, 6.07) is 10.3. The number of aliphatic hydroxyl groups excluding tert-OH is 1. The molecule has 1 aliphatic rings. The zero-order valence-electron chi connectivity index (χ0n) is 14.6. The van der Waals surface area contributed by atoms with Crippen LogP contribution < -0.4 is 5.32 Å². The van der Waals surface area contributed by atoms with Crippen molar-refractivity contribution in [3.63, 3.8) is 0 Å². The summed E-state index contributed by atoms with van der Waals surface area (Å²) in [7, 11) is 0. The fourth-order valence-corrected chi connectivity index (χ4v) is 3.08. The van der Waals surface area contributed by atoms with Gasteiger partial charge in [-0.15, -0.1) is 0 Å². The number of nitrogens with one attached hydrogen (secondary N) is 1. The van der Waals surface area contributed by atoms with E-state index in [-0.39, 0.29) is 11.8 Å². The SMILES string of the molecule is O=C(Nc1ccc(F)c([N+](=O)[O-])c1)c1cccc(CN2CCC(O)CC2)c1. The van der Waals surface area contributed by atoms with E-state index in [9.17, 15) is 24.4 Å². The number of nitro benzene ring substituents is 1. The Labute approximate surface area is 155 Å². The summed E-state index contributed by atoms with van der Waals surface area (Å²) in [5.41, 5.74) is 0.845. The number of hydrogen-bond donors (Lipinski definition) is 2. The predicted octanol–water partition coefficient (Wildman–Crippen LogP) is 2.94. The quantitative estimate of drug-likeness (QED) is 0.621. The van der Waals surface area contributed by atoms with Crippen molar-refractivity contribution in [2.24, 2.45) is 0 Å². The first-order valence-corrected chi connectivity index (χ1v) is 8.67. The molecular formula is C19H20FN3O4. The van der Waals surface area contributed by atoms with Crippen LogP contribution in [0, 0.1) is 15.9 Å². The van der Waals surface area contributed by atoms with Crippen molar-refractivity contribution in [2.75, 3.05) is 18.4 Å². The lowest BCUT2D eigenvalue weighted by molar-refractivity contribution is -0.387.